The highest BCUT2D eigenvalue weighted by atomic mass is 19.1. The van der Waals surface area contributed by atoms with E-state index in [9.17, 15) is 19.4 Å². The lowest BCUT2D eigenvalue weighted by atomic mass is 9.98. The number of fused-ring (bicyclic) bond motifs is 1. The van der Waals surface area contributed by atoms with Crippen molar-refractivity contribution in [3.63, 3.8) is 0 Å². The number of rotatable bonds is 5. The van der Waals surface area contributed by atoms with E-state index in [1.807, 2.05) is 0 Å². The molecule has 0 unspecified atom stereocenters. The van der Waals surface area contributed by atoms with Crippen LogP contribution in [0.2, 0.25) is 0 Å². The maximum absolute atomic E-state index is 14.7. The Morgan fingerprint density at radius 2 is 2.09 bits per heavy atom. The predicted octanol–water partition coefficient (Wildman–Crippen LogP) is 1.17. The van der Waals surface area contributed by atoms with Gasteiger partial charge < -0.3 is 20.5 Å². The first-order chi connectivity index (χ1) is 15.7. The summed E-state index contributed by atoms with van der Waals surface area (Å²) >= 11 is 0. The molecule has 4 aromatic rings. The van der Waals surface area contributed by atoms with Crippen LogP contribution in [0.4, 0.5) is 15.9 Å². The third kappa shape index (κ3) is 4.22. The SMILES string of the molecule is CC(C)(O)c1ccc(Nc2cc(=NC3CC3)n3nc/c(=C/c4[nH]c(=O)[nH]c4O)c3n2)c(F)c1. The molecule has 5 N–H and O–H groups in total. The topological polar surface area (TPSA) is 144 Å². The Kier molecular flexibility index (Phi) is 4.78. The van der Waals surface area contributed by atoms with E-state index in [0.717, 1.165) is 12.8 Å². The smallest absolute Gasteiger partial charge is 0.326 e. The van der Waals surface area contributed by atoms with Crippen molar-refractivity contribution in [2.45, 2.75) is 38.3 Å². The number of nitrogens with zero attached hydrogens (tertiary/aromatic N) is 4. The van der Waals surface area contributed by atoms with Gasteiger partial charge >= 0.3 is 5.69 Å². The summed E-state index contributed by atoms with van der Waals surface area (Å²) in [6.45, 7) is 3.17. The Balaban J connectivity index is 1.63. The van der Waals surface area contributed by atoms with Crippen LogP contribution in [0.5, 0.6) is 5.88 Å². The summed E-state index contributed by atoms with van der Waals surface area (Å²) in [5.41, 5.74) is 0.0735. The van der Waals surface area contributed by atoms with Crippen LogP contribution in [-0.4, -0.2) is 40.8 Å². The van der Waals surface area contributed by atoms with Crippen molar-refractivity contribution in [2.24, 2.45) is 4.99 Å². The summed E-state index contributed by atoms with van der Waals surface area (Å²) in [6.07, 6.45) is 5.05. The highest BCUT2D eigenvalue weighted by Gasteiger charge is 2.21. The fraction of sp³-hybridized carbons (Fsp3) is 0.273. The number of aromatic hydroxyl groups is 1. The van der Waals surface area contributed by atoms with E-state index in [1.54, 1.807) is 36.7 Å². The second-order valence-electron chi connectivity index (χ2n) is 8.56. The van der Waals surface area contributed by atoms with Crippen LogP contribution in [0.3, 0.4) is 0 Å². The molecule has 1 aromatic carbocycles. The first-order valence-corrected chi connectivity index (χ1v) is 10.4. The summed E-state index contributed by atoms with van der Waals surface area (Å²) in [7, 11) is 0. The molecule has 0 spiro atoms. The molecule has 3 aromatic heterocycles. The maximum atomic E-state index is 14.7. The van der Waals surface area contributed by atoms with E-state index in [4.69, 9.17) is 0 Å². The highest BCUT2D eigenvalue weighted by Crippen LogP contribution is 2.26. The Bertz CT molecular complexity index is 1540. The van der Waals surface area contributed by atoms with Crippen molar-refractivity contribution in [3.8, 4) is 5.88 Å². The summed E-state index contributed by atoms with van der Waals surface area (Å²) in [4.78, 5) is 25.4. The molecule has 1 aliphatic rings. The standard InChI is InChI=1S/C22H22FN7O3/c1-22(2,33)12-3-6-15(14(23)8-12)26-17-9-18(25-13-4-5-13)30-19(28-17)11(10-24-30)7-16-20(31)29-21(32)27-16/h3,6-10,13,26,31,33H,4-5H2,1-2H3,(H2,27,29,32)/b11-7-,25-18?. The van der Waals surface area contributed by atoms with E-state index in [2.05, 4.69) is 30.4 Å². The molecule has 0 atom stereocenters. The molecule has 33 heavy (non-hydrogen) atoms. The lowest BCUT2D eigenvalue weighted by molar-refractivity contribution is 0.0783. The zero-order valence-corrected chi connectivity index (χ0v) is 17.9. The summed E-state index contributed by atoms with van der Waals surface area (Å²) < 4.78 is 16.3. The molecule has 170 valence electrons. The molecule has 1 saturated carbocycles. The van der Waals surface area contributed by atoms with Crippen LogP contribution in [0.1, 0.15) is 37.9 Å². The van der Waals surface area contributed by atoms with Crippen LogP contribution in [-0.2, 0) is 5.60 Å². The summed E-state index contributed by atoms with van der Waals surface area (Å²) in [6, 6.07) is 6.34. The van der Waals surface area contributed by atoms with Gasteiger partial charge in [-0.25, -0.2) is 14.2 Å². The van der Waals surface area contributed by atoms with Crippen molar-refractivity contribution in [1.29, 1.82) is 0 Å². The molecule has 0 bridgehead atoms. The number of anilines is 2. The molecule has 0 amide bonds. The average molecular weight is 451 g/mol. The number of H-pyrrole nitrogens is 2. The van der Waals surface area contributed by atoms with E-state index in [-0.39, 0.29) is 23.3 Å². The second-order valence-corrected chi connectivity index (χ2v) is 8.56. The number of hydrogen-bond donors (Lipinski definition) is 5. The van der Waals surface area contributed by atoms with Gasteiger partial charge in [0, 0.05) is 11.3 Å². The van der Waals surface area contributed by atoms with Crippen molar-refractivity contribution in [3.05, 3.63) is 68.7 Å². The monoisotopic (exact) mass is 451 g/mol. The molecule has 10 nitrogen and oxygen atoms in total. The third-order valence-electron chi connectivity index (χ3n) is 5.32. The molecule has 1 fully saturated rings. The molecule has 5 rings (SSSR count). The quantitative estimate of drug-likeness (QED) is 0.308. The van der Waals surface area contributed by atoms with Crippen molar-refractivity contribution in [1.82, 2.24) is 24.6 Å². The van der Waals surface area contributed by atoms with E-state index in [0.29, 0.717) is 27.7 Å². The number of halogens is 1. The molecule has 1 aliphatic carbocycles. The predicted molar refractivity (Wildman–Crippen MR) is 118 cm³/mol. The first kappa shape index (κ1) is 20.9. The molecular weight excluding hydrogens is 429 g/mol. The lowest BCUT2D eigenvalue weighted by Crippen LogP contribution is -2.20. The minimum Gasteiger partial charge on any atom is -0.493 e. The van der Waals surface area contributed by atoms with E-state index < -0.39 is 17.1 Å². The van der Waals surface area contributed by atoms with Gasteiger partial charge in [-0.1, -0.05) is 6.07 Å². The van der Waals surface area contributed by atoms with Gasteiger partial charge in [0.15, 0.2) is 11.1 Å². The Morgan fingerprint density at radius 3 is 2.73 bits per heavy atom. The lowest BCUT2D eigenvalue weighted by Gasteiger charge is -2.18. The fourth-order valence-electron chi connectivity index (χ4n) is 3.40. The van der Waals surface area contributed by atoms with Gasteiger partial charge in [-0.3, -0.25) is 9.98 Å². The minimum absolute atomic E-state index is 0.184. The third-order valence-corrected chi connectivity index (χ3v) is 5.32. The summed E-state index contributed by atoms with van der Waals surface area (Å²) in [5, 5.41) is 27.9. The van der Waals surface area contributed by atoms with Crippen LogP contribution in [0, 0.1) is 5.82 Å². The zero-order valence-electron chi connectivity index (χ0n) is 17.9. The molecular formula is C22H22FN7O3. The molecule has 0 aliphatic heterocycles. The van der Waals surface area contributed by atoms with Crippen molar-refractivity contribution < 1.29 is 14.6 Å². The van der Waals surface area contributed by atoms with E-state index in [1.165, 1.54) is 18.2 Å². The number of aromatic nitrogens is 5. The Morgan fingerprint density at radius 1 is 1.30 bits per heavy atom. The van der Waals surface area contributed by atoms with Crippen molar-refractivity contribution >= 4 is 23.2 Å². The number of aliphatic hydroxyl groups is 1. The normalized spacial score (nSPS) is 15.5. The molecule has 3 heterocycles. The number of hydrogen-bond acceptors (Lipinski definition) is 7. The Hall–Kier alpha value is -3.99. The van der Waals surface area contributed by atoms with Crippen LogP contribution < -0.4 is 21.7 Å². The average Bonchev–Trinajstić information content (AvgIpc) is 3.37. The van der Waals surface area contributed by atoms with Gasteiger partial charge in [-0.2, -0.15) is 9.61 Å². The number of aromatic amines is 2. The van der Waals surface area contributed by atoms with Gasteiger partial charge in [0.05, 0.1) is 23.5 Å². The van der Waals surface area contributed by atoms with Crippen LogP contribution in [0.25, 0.3) is 11.7 Å². The second kappa shape index (κ2) is 7.55. The summed E-state index contributed by atoms with van der Waals surface area (Å²) in [5.74, 6) is -0.490. The highest BCUT2D eigenvalue weighted by molar-refractivity contribution is 5.62. The number of benzene rings is 1. The van der Waals surface area contributed by atoms with Gasteiger partial charge in [0.1, 0.15) is 17.3 Å². The van der Waals surface area contributed by atoms with Gasteiger partial charge in [0.25, 0.3) is 0 Å². The largest absolute Gasteiger partial charge is 0.493 e. The minimum atomic E-state index is -1.17. The number of nitrogens with one attached hydrogen (secondary N) is 3. The van der Waals surface area contributed by atoms with Crippen LogP contribution >= 0.6 is 0 Å². The van der Waals surface area contributed by atoms with Crippen LogP contribution in [0.15, 0.2) is 40.2 Å². The molecule has 11 heteroatoms. The van der Waals surface area contributed by atoms with Crippen molar-refractivity contribution in [2.75, 3.05) is 5.32 Å². The van der Waals surface area contributed by atoms with Gasteiger partial charge in [-0.05, 0) is 50.5 Å². The Labute approximate surface area is 186 Å². The number of imidazole rings is 1. The fourth-order valence-corrected chi connectivity index (χ4v) is 3.40. The maximum Gasteiger partial charge on any atom is 0.326 e. The van der Waals surface area contributed by atoms with E-state index >= 15 is 0 Å². The molecule has 0 radical (unpaired) electrons. The zero-order chi connectivity index (χ0) is 23.3. The van der Waals surface area contributed by atoms with Gasteiger partial charge in [-0.15, -0.1) is 0 Å². The van der Waals surface area contributed by atoms with Gasteiger partial charge in [0.2, 0.25) is 5.88 Å². The first-order valence-electron chi connectivity index (χ1n) is 10.4. The molecule has 0 saturated heterocycles.